The molecule has 0 aliphatic carbocycles. The van der Waals surface area contributed by atoms with Crippen LogP contribution < -0.4 is 11.0 Å². The van der Waals surface area contributed by atoms with Crippen molar-refractivity contribution in [3.05, 3.63) is 52.9 Å². The highest BCUT2D eigenvalue weighted by atomic mass is 35.5. The first-order chi connectivity index (χ1) is 8.82. The van der Waals surface area contributed by atoms with E-state index in [2.05, 4.69) is 4.98 Å². The highest BCUT2D eigenvalue weighted by Crippen LogP contribution is 2.35. The lowest BCUT2D eigenvalue weighted by atomic mass is 10.2. The molecule has 0 fully saturated rings. The molecule has 0 saturated heterocycles. The van der Waals surface area contributed by atoms with Crippen LogP contribution >= 0.6 is 23.2 Å². The SMILES string of the molecule is O=c1[nH]c2cc(Cl)cc(Cl)c2c(O)c([N+](=O)[O-])c1=O. The fourth-order valence-corrected chi connectivity index (χ4v) is 2.18. The highest BCUT2D eigenvalue weighted by Gasteiger charge is 2.24. The minimum Gasteiger partial charge on any atom is -0.501 e. The molecule has 19 heavy (non-hydrogen) atoms. The van der Waals surface area contributed by atoms with Gasteiger partial charge in [-0.15, -0.1) is 0 Å². The van der Waals surface area contributed by atoms with E-state index < -0.39 is 27.3 Å². The molecule has 0 spiro atoms. The molecular formula is C10H4Cl2N2O5. The number of H-pyrrole nitrogens is 1. The summed E-state index contributed by atoms with van der Waals surface area (Å²) >= 11 is 11.5. The summed E-state index contributed by atoms with van der Waals surface area (Å²) in [4.78, 5) is 34.7. The number of nitrogens with zero attached hydrogens (tertiary/aromatic N) is 1. The van der Waals surface area contributed by atoms with Gasteiger partial charge in [0.05, 0.1) is 20.8 Å². The van der Waals surface area contributed by atoms with Gasteiger partial charge in [-0.1, -0.05) is 23.2 Å². The number of hydrogen-bond acceptors (Lipinski definition) is 5. The van der Waals surface area contributed by atoms with Crippen LogP contribution in [0.5, 0.6) is 5.75 Å². The summed E-state index contributed by atoms with van der Waals surface area (Å²) in [5.41, 5.74) is -4.04. The summed E-state index contributed by atoms with van der Waals surface area (Å²) in [5.74, 6) is -0.981. The maximum absolute atomic E-state index is 11.5. The number of rotatable bonds is 1. The molecule has 2 N–H and O–H groups in total. The maximum Gasteiger partial charge on any atom is 0.364 e. The molecule has 1 heterocycles. The van der Waals surface area contributed by atoms with Gasteiger partial charge in [-0.3, -0.25) is 19.7 Å². The Labute approximate surface area is 114 Å². The predicted molar refractivity (Wildman–Crippen MR) is 69.2 cm³/mol. The number of nitro groups is 1. The Kier molecular flexibility index (Phi) is 3.17. The van der Waals surface area contributed by atoms with E-state index in [4.69, 9.17) is 23.2 Å². The summed E-state index contributed by atoms with van der Waals surface area (Å²) < 4.78 is 0. The van der Waals surface area contributed by atoms with Gasteiger partial charge in [-0.05, 0) is 12.1 Å². The van der Waals surface area contributed by atoms with Crippen molar-refractivity contribution in [3.63, 3.8) is 0 Å². The van der Waals surface area contributed by atoms with Gasteiger partial charge in [0.1, 0.15) is 0 Å². The van der Waals surface area contributed by atoms with Crippen LogP contribution in [0.2, 0.25) is 10.0 Å². The van der Waals surface area contributed by atoms with Crippen LogP contribution in [0, 0.1) is 10.1 Å². The van der Waals surface area contributed by atoms with Crippen LogP contribution in [0.4, 0.5) is 5.69 Å². The summed E-state index contributed by atoms with van der Waals surface area (Å²) in [6.07, 6.45) is 0. The van der Waals surface area contributed by atoms with Crippen LogP contribution in [0.15, 0.2) is 21.7 Å². The molecule has 2 rings (SSSR count). The molecule has 98 valence electrons. The normalized spacial score (nSPS) is 10.6. The first kappa shape index (κ1) is 13.3. The number of hydrogen-bond donors (Lipinski definition) is 2. The van der Waals surface area contributed by atoms with Crippen molar-refractivity contribution in [2.75, 3.05) is 0 Å². The molecule has 0 unspecified atom stereocenters. The van der Waals surface area contributed by atoms with Crippen molar-refractivity contribution in [2.45, 2.75) is 0 Å². The van der Waals surface area contributed by atoms with E-state index in [0.717, 1.165) is 0 Å². The molecule has 0 amide bonds. The van der Waals surface area contributed by atoms with Crippen LogP contribution in [-0.2, 0) is 0 Å². The zero-order chi connectivity index (χ0) is 14.3. The molecular weight excluding hydrogens is 299 g/mol. The summed E-state index contributed by atoms with van der Waals surface area (Å²) in [6.45, 7) is 0. The van der Waals surface area contributed by atoms with E-state index in [9.17, 15) is 24.8 Å². The largest absolute Gasteiger partial charge is 0.501 e. The molecule has 0 radical (unpaired) electrons. The van der Waals surface area contributed by atoms with Crippen LogP contribution in [-0.4, -0.2) is 15.0 Å². The molecule has 7 nitrogen and oxygen atoms in total. The Bertz CT molecular complexity index is 831. The molecule has 2 aromatic rings. The molecule has 9 heteroatoms. The van der Waals surface area contributed by atoms with Crippen LogP contribution in [0.25, 0.3) is 10.9 Å². The number of benzene rings is 1. The third-order valence-corrected chi connectivity index (χ3v) is 2.88. The van der Waals surface area contributed by atoms with E-state index >= 15 is 0 Å². The van der Waals surface area contributed by atoms with Gasteiger partial charge >= 0.3 is 16.7 Å². The first-order valence-corrected chi connectivity index (χ1v) is 5.51. The molecule has 1 aromatic heterocycles. The minimum absolute atomic E-state index is 0.0785. The van der Waals surface area contributed by atoms with Gasteiger partial charge in [0, 0.05) is 5.02 Å². The van der Waals surface area contributed by atoms with Crippen LogP contribution in [0.3, 0.4) is 0 Å². The zero-order valence-corrected chi connectivity index (χ0v) is 10.4. The Balaban J connectivity index is 3.23. The molecule has 0 aliphatic heterocycles. The van der Waals surface area contributed by atoms with Gasteiger partial charge in [-0.2, -0.15) is 0 Å². The number of halogens is 2. The maximum atomic E-state index is 11.5. The smallest absolute Gasteiger partial charge is 0.364 e. The standard InChI is InChI=1S/C10H4Cl2N2O5/c11-3-1-4(12)6-5(2-3)13-10(17)9(16)7(8(6)15)14(18)19/h1-2,15H,(H,13,16,17). The van der Waals surface area contributed by atoms with Crippen molar-refractivity contribution in [1.29, 1.82) is 0 Å². The lowest BCUT2D eigenvalue weighted by Gasteiger charge is -1.99. The number of nitrogens with one attached hydrogen (secondary N) is 1. The average Bonchev–Trinajstić information content (AvgIpc) is 2.34. The number of aromatic amines is 1. The summed E-state index contributed by atoms with van der Waals surface area (Å²) in [5, 5.41) is 20.4. The van der Waals surface area contributed by atoms with Crippen molar-refractivity contribution in [1.82, 2.24) is 4.98 Å². The average molecular weight is 303 g/mol. The highest BCUT2D eigenvalue weighted by molar-refractivity contribution is 6.39. The van der Waals surface area contributed by atoms with E-state index in [1.807, 2.05) is 0 Å². The van der Waals surface area contributed by atoms with E-state index in [1.165, 1.54) is 12.1 Å². The lowest BCUT2D eigenvalue weighted by Crippen LogP contribution is -2.25. The van der Waals surface area contributed by atoms with Crippen molar-refractivity contribution in [2.24, 2.45) is 0 Å². The number of aromatic hydroxyl groups is 1. The van der Waals surface area contributed by atoms with Gasteiger partial charge in [0.25, 0.3) is 0 Å². The molecule has 0 saturated carbocycles. The fourth-order valence-electron chi connectivity index (χ4n) is 1.59. The Morgan fingerprint density at radius 2 is 1.89 bits per heavy atom. The third-order valence-electron chi connectivity index (χ3n) is 2.37. The quantitative estimate of drug-likeness (QED) is 0.474. The minimum atomic E-state index is -1.47. The van der Waals surface area contributed by atoms with Gasteiger partial charge in [-0.25, -0.2) is 0 Å². The Morgan fingerprint density at radius 3 is 2.47 bits per heavy atom. The topological polar surface area (TPSA) is 113 Å². The first-order valence-electron chi connectivity index (χ1n) is 4.75. The number of aromatic nitrogens is 1. The summed E-state index contributed by atoms with van der Waals surface area (Å²) in [6, 6.07) is 2.44. The predicted octanol–water partition coefficient (Wildman–Crippen LogP) is 1.81. The second-order valence-electron chi connectivity index (χ2n) is 3.55. The van der Waals surface area contributed by atoms with Crippen molar-refractivity contribution >= 4 is 39.8 Å². The molecule has 0 atom stereocenters. The van der Waals surface area contributed by atoms with E-state index in [-0.39, 0.29) is 20.9 Å². The van der Waals surface area contributed by atoms with E-state index in [1.54, 1.807) is 0 Å². The van der Waals surface area contributed by atoms with E-state index in [0.29, 0.717) is 0 Å². The lowest BCUT2D eigenvalue weighted by molar-refractivity contribution is -0.386. The van der Waals surface area contributed by atoms with Crippen LogP contribution in [0.1, 0.15) is 0 Å². The Morgan fingerprint density at radius 1 is 1.26 bits per heavy atom. The van der Waals surface area contributed by atoms with Gasteiger partial charge < -0.3 is 10.1 Å². The fraction of sp³-hybridized carbons (Fsp3) is 0. The molecule has 0 bridgehead atoms. The third kappa shape index (κ3) is 2.13. The van der Waals surface area contributed by atoms with Gasteiger partial charge in [0.2, 0.25) is 5.75 Å². The zero-order valence-electron chi connectivity index (χ0n) is 8.94. The molecule has 0 aliphatic rings. The van der Waals surface area contributed by atoms with Gasteiger partial charge in [0.15, 0.2) is 0 Å². The molecule has 1 aromatic carbocycles. The monoisotopic (exact) mass is 302 g/mol. The second-order valence-corrected chi connectivity index (χ2v) is 4.39. The number of fused-ring (bicyclic) bond motifs is 1. The Hall–Kier alpha value is -2.12. The van der Waals surface area contributed by atoms with Crippen molar-refractivity contribution in [3.8, 4) is 5.75 Å². The summed E-state index contributed by atoms with van der Waals surface area (Å²) in [7, 11) is 0. The van der Waals surface area contributed by atoms with Crippen molar-refractivity contribution < 1.29 is 10.0 Å². The second kappa shape index (κ2) is 4.52.